The van der Waals surface area contributed by atoms with Gasteiger partial charge in [0.05, 0.1) is 17.9 Å². The Morgan fingerprint density at radius 1 is 1.40 bits per heavy atom. The maximum absolute atomic E-state index is 12.7. The highest BCUT2D eigenvalue weighted by Gasteiger charge is 2.29. The second-order valence-electron chi connectivity index (χ2n) is 5.31. The molecule has 1 rings (SSSR count). The molecule has 20 heavy (non-hydrogen) atoms. The zero-order valence-corrected chi connectivity index (χ0v) is 13.9. The fraction of sp³-hybridized carbons (Fsp3) is 0.769. The molecule has 0 amide bonds. The van der Waals surface area contributed by atoms with Gasteiger partial charge in [0.15, 0.2) is 0 Å². The van der Waals surface area contributed by atoms with Gasteiger partial charge in [0.1, 0.15) is 4.90 Å². The molecule has 0 saturated heterocycles. The van der Waals surface area contributed by atoms with Crippen molar-refractivity contribution in [1.82, 2.24) is 14.1 Å². The number of rotatable bonds is 7. The van der Waals surface area contributed by atoms with Crippen LogP contribution in [0.25, 0.3) is 0 Å². The van der Waals surface area contributed by atoms with Crippen LogP contribution in [0.2, 0.25) is 0 Å². The molecule has 0 radical (unpaired) electrons. The summed E-state index contributed by atoms with van der Waals surface area (Å²) in [5.41, 5.74) is 6.71. The highest BCUT2D eigenvalue weighted by atomic mass is 32.2. The second kappa shape index (κ2) is 6.69. The standard InChI is InChI=1S/C13H26N4O2S/c1-6-10(2)9-16(5)20(18,19)13-11(3)15-17(8-7-14)12(13)4/h10H,6-9,14H2,1-5H3. The Balaban J connectivity index is 3.15. The van der Waals surface area contributed by atoms with E-state index >= 15 is 0 Å². The quantitative estimate of drug-likeness (QED) is 0.818. The van der Waals surface area contributed by atoms with Crippen LogP contribution < -0.4 is 5.73 Å². The minimum atomic E-state index is -3.49. The van der Waals surface area contributed by atoms with Gasteiger partial charge in [0, 0.05) is 20.1 Å². The van der Waals surface area contributed by atoms with Crippen LogP contribution in [-0.2, 0) is 16.6 Å². The van der Waals surface area contributed by atoms with E-state index in [1.807, 2.05) is 6.92 Å². The van der Waals surface area contributed by atoms with E-state index in [-0.39, 0.29) is 0 Å². The Kier molecular flexibility index (Phi) is 5.73. The number of nitrogens with zero attached hydrogens (tertiary/aromatic N) is 3. The van der Waals surface area contributed by atoms with Crippen molar-refractivity contribution in [2.45, 2.75) is 45.6 Å². The minimum Gasteiger partial charge on any atom is -0.329 e. The van der Waals surface area contributed by atoms with Crippen molar-refractivity contribution in [3.63, 3.8) is 0 Å². The molecule has 0 fully saturated rings. The lowest BCUT2D eigenvalue weighted by atomic mass is 10.1. The van der Waals surface area contributed by atoms with Crippen molar-refractivity contribution in [2.75, 3.05) is 20.1 Å². The van der Waals surface area contributed by atoms with Gasteiger partial charge in [-0.05, 0) is 19.8 Å². The molecular weight excluding hydrogens is 276 g/mol. The maximum atomic E-state index is 12.7. The Morgan fingerprint density at radius 2 is 2.00 bits per heavy atom. The number of hydrogen-bond donors (Lipinski definition) is 1. The molecule has 1 atom stereocenters. The molecule has 1 aromatic rings. The summed E-state index contributed by atoms with van der Waals surface area (Å²) >= 11 is 0. The topological polar surface area (TPSA) is 81.2 Å². The minimum absolute atomic E-state index is 0.316. The Bertz CT molecular complexity index is 551. The first-order valence-corrected chi connectivity index (χ1v) is 8.40. The number of aromatic nitrogens is 2. The van der Waals surface area contributed by atoms with Crippen molar-refractivity contribution in [3.8, 4) is 0 Å². The monoisotopic (exact) mass is 302 g/mol. The van der Waals surface area contributed by atoms with Gasteiger partial charge >= 0.3 is 0 Å². The summed E-state index contributed by atoms with van der Waals surface area (Å²) < 4.78 is 28.5. The van der Waals surface area contributed by atoms with Crippen molar-refractivity contribution in [1.29, 1.82) is 0 Å². The van der Waals surface area contributed by atoms with Crippen LogP contribution in [0.4, 0.5) is 0 Å². The lowest BCUT2D eigenvalue weighted by molar-refractivity contribution is 0.393. The maximum Gasteiger partial charge on any atom is 0.246 e. The van der Waals surface area contributed by atoms with Gasteiger partial charge in [0.2, 0.25) is 10.0 Å². The van der Waals surface area contributed by atoms with E-state index in [0.29, 0.717) is 41.8 Å². The third-order valence-corrected chi connectivity index (χ3v) is 5.67. The molecule has 0 aromatic carbocycles. The van der Waals surface area contributed by atoms with E-state index in [0.717, 1.165) is 6.42 Å². The van der Waals surface area contributed by atoms with Crippen molar-refractivity contribution >= 4 is 10.0 Å². The zero-order valence-electron chi connectivity index (χ0n) is 13.0. The highest BCUT2D eigenvalue weighted by molar-refractivity contribution is 7.89. The first kappa shape index (κ1) is 17.1. The summed E-state index contributed by atoms with van der Waals surface area (Å²) in [6, 6.07) is 0. The number of aryl methyl sites for hydroxylation is 1. The summed E-state index contributed by atoms with van der Waals surface area (Å²) in [7, 11) is -1.87. The summed E-state index contributed by atoms with van der Waals surface area (Å²) in [6.07, 6.45) is 0.949. The molecule has 116 valence electrons. The fourth-order valence-corrected chi connectivity index (χ4v) is 3.87. The zero-order chi connectivity index (χ0) is 15.5. The molecule has 0 aliphatic rings. The number of sulfonamides is 1. The lowest BCUT2D eigenvalue weighted by Gasteiger charge is -2.20. The predicted octanol–water partition coefficient (Wildman–Crippen LogP) is 1.13. The third-order valence-electron chi connectivity index (χ3n) is 3.59. The smallest absolute Gasteiger partial charge is 0.246 e. The van der Waals surface area contributed by atoms with Crippen LogP contribution in [0, 0.1) is 19.8 Å². The molecule has 1 aromatic heterocycles. The van der Waals surface area contributed by atoms with Crippen LogP contribution in [-0.4, -0.2) is 42.6 Å². The van der Waals surface area contributed by atoms with Gasteiger partial charge in [0.25, 0.3) is 0 Å². The van der Waals surface area contributed by atoms with Gasteiger partial charge in [-0.1, -0.05) is 20.3 Å². The van der Waals surface area contributed by atoms with E-state index in [2.05, 4.69) is 12.0 Å². The average Bonchev–Trinajstić information content (AvgIpc) is 2.65. The van der Waals surface area contributed by atoms with E-state index in [4.69, 9.17) is 5.73 Å². The van der Waals surface area contributed by atoms with Gasteiger partial charge in [-0.2, -0.15) is 5.10 Å². The molecule has 0 aliphatic heterocycles. The molecule has 1 heterocycles. The van der Waals surface area contributed by atoms with Crippen LogP contribution in [0.15, 0.2) is 4.90 Å². The van der Waals surface area contributed by atoms with E-state index in [9.17, 15) is 8.42 Å². The van der Waals surface area contributed by atoms with E-state index < -0.39 is 10.0 Å². The van der Waals surface area contributed by atoms with Crippen LogP contribution >= 0.6 is 0 Å². The third kappa shape index (κ3) is 3.39. The molecule has 1 unspecified atom stereocenters. The fourth-order valence-electron chi connectivity index (χ4n) is 2.22. The number of hydrogen-bond acceptors (Lipinski definition) is 4. The Morgan fingerprint density at radius 3 is 2.50 bits per heavy atom. The van der Waals surface area contributed by atoms with Crippen LogP contribution in [0.3, 0.4) is 0 Å². The summed E-state index contributed by atoms with van der Waals surface area (Å²) in [6.45, 7) is 9.08. The summed E-state index contributed by atoms with van der Waals surface area (Å²) in [5.74, 6) is 0.328. The Labute approximate surface area is 122 Å². The largest absolute Gasteiger partial charge is 0.329 e. The molecule has 0 aliphatic carbocycles. The molecule has 7 heteroatoms. The normalized spacial score (nSPS) is 13.9. The van der Waals surface area contributed by atoms with Crippen molar-refractivity contribution in [3.05, 3.63) is 11.4 Å². The molecule has 0 bridgehead atoms. The van der Waals surface area contributed by atoms with Crippen LogP contribution in [0.5, 0.6) is 0 Å². The van der Waals surface area contributed by atoms with E-state index in [1.165, 1.54) is 4.31 Å². The predicted molar refractivity (Wildman–Crippen MR) is 80.0 cm³/mol. The van der Waals surface area contributed by atoms with Crippen molar-refractivity contribution < 1.29 is 8.42 Å². The second-order valence-corrected chi connectivity index (χ2v) is 7.29. The number of nitrogens with two attached hydrogens (primary N) is 1. The van der Waals surface area contributed by atoms with Gasteiger partial charge in [-0.15, -0.1) is 0 Å². The summed E-state index contributed by atoms with van der Waals surface area (Å²) in [5, 5.41) is 4.28. The highest BCUT2D eigenvalue weighted by Crippen LogP contribution is 2.23. The first-order chi connectivity index (χ1) is 9.25. The lowest BCUT2D eigenvalue weighted by Crippen LogP contribution is -2.31. The SMILES string of the molecule is CCC(C)CN(C)S(=O)(=O)c1c(C)nn(CCN)c1C. The van der Waals surface area contributed by atoms with Crippen molar-refractivity contribution in [2.24, 2.45) is 11.7 Å². The molecule has 6 nitrogen and oxygen atoms in total. The summed E-state index contributed by atoms with van der Waals surface area (Å²) in [4.78, 5) is 0.316. The van der Waals surface area contributed by atoms with Crippen LogP contribution in [0.1, 0.15) is 31.7 Å². The van der Waals surface area contributed by atoms with Gasteiger partial charge in [-0.3, -0.25) is 4.68 Å². The average molecular weight is 302 g/mol. The van der Waals surface area contributed by atoms with Gasteiger partial charge < -0.3 is 5.73 Å². The molecule has 0 saturated carbocycles. The van der Waals surface area contributed by atoms with E-state index in [1.54, 1.807) is 25.6 Å². The first-order valence-electron chi connectivity index (χ1n) is 6.96. The van der Waals surface area contributed by atoms with Gasteiger partial charge in [-0.25, -0.2) is 12.7 Å². The molecule has 2 N–H and O–H groups in total. The molecule has 0 spiro atoms. The Hall–Kier alpha value is -0.920. The molecular formula is C13H26N4O2S.